The highest BCUT2D eigenvalue weighted by molar-refractivity contribution is 5.67. The van der Waals surface area contributed by atoms with E-state index < -0.39 is 0 Å². The highest BCUT2D eigenvalue weighted by Crippen LogP contribution is 2.12. The number of nitrogens with zero attached hydrogens (tertiary/aromatic N) is 3. The molecule has 0 unspecified atom stereocenters. The van der Waals surface area contributed by atoms with Crippen LogP contribution in [0.5, 0.6) is 0 Å². The number of anilines is 2. The van der Waals surface area contributed by atoms with Gasteiger partial charge in [-0.1, -0.05) is 12.1 Å². The van der Waals surface area contributed by atoms with Crippen LogP contribution in [0.3, 0.4) is 0 Å². The molecule has 2 aromatic rings. The number of benzene rings is 1. The quantitative estimate of drug-likeness (QED) is 0.835. The van der Waals surface area contributed by atoms with E-state index in [0.29, 0.717) is 11.8 Å². The molecular formula is C14H18N4O. The molecule has 2 rings (SSSR count). The van der Waals surface area contributed by atoms with Gasteiger partial charge in [0.25, 0.3) is 11.8 Å². The van der Waals surface area contributed by atoms with Crippen LogP contribution >= 0.6 is 0 Å². The monoisotopic (exact) mass is 258 g/mol. The fraction of sp³-hybridized carbons (Fsp3) is 0.286. The molecule has 0 atom stereocenters. The van der Waals surface area contributed by atoms with Gasteiger partial charge in [0, 0.05) is 24.9 Å². The number of nitrogen functional groups attached to an aromatic ring is 1. The van der Waals surface area contributed by atoms with Gasteiger partial charge < -0.3 is 15.2 Å². The van der Waals surface area contributed by atoms with Gasteiger partial charge in [0.15, 0.2) is 0 Å². The molecular weight excluding hydrogens is 240 g/mol. The van der Waals surface area contributed by atoms with E-state index in [1.807, 2.05) is 35.2 Å². The first-order chi connectivity index (χ1) is 9.22. The summed E-state index contributed by atoms with van der Waals surface area (Å²) in [5.41, 5.74) is 7.42. The van der Waals surface area contributed by atoms with Crippen LogP contribution in [0, 0.1) is 0 Å². The van der Waals surface area contributed by atoms with E-state index in [1.165, 1.54) is 0 Å². The van der Waals surface area contributed by atoms with E-state index in [9.17, 15) is 0 Å². The first kappa shape index (κ1) is 13.1. The second-order valence-electron chi connectivity index (χ2n) is 4.10. The number of nitrogens with two attached hydrogens (primary N) is 1. The standard InChI is InChI=1S/C14H18N4O/c1-3-18(4-2)14-16-13(19-17-14)10-7-11-5-8-12(15)9-6-11/h5-10H,3-4,15H2,1-2H3/b10-7+. The predicted octanol–water partition coefficient (Wildman–Crippen LogP) is 2.67. The molecule has 100 valence electrons. The van der Waals surface area contributed by atoms with Crippen LogP contribution in [0.1, 0.15) is 25.3 Å². The summed E-state index contributed by atoms with van der Waals surface area (Å²) in [6.07, 6.45) is 3.71. The second kappa shape index (κ2) is 6.04. The van der Waals surface area contributed by atoms with E-state index in [0.717, 1.165) is 24.3 Å². The van der Waals surface area contributed by atoms with Gasteiger partial charge in [-0.15, -0.1) is 0 Å². The minimum absolute atomic E-state index is 0.499. The second-order valence-corrected chi connectivity index (χ2v) is 4.10. The van der Waals surface area contributed by atoms with Gasteiger partial charge in [0.2, 0.25) is 0 Å². The molecule has 0 amide bonds. The van der Waals surface area contributed by atoms with Gasteiger partial charge in [-0.25, -0.2) is 0 Å². The van der Waals surface area contributed by atoms with Crippen LogP contribution in [0.25, 0.3) is 12.2 Å². The summed E-state index contributed by atoms with van der Waals surface area (Å²) in [5, 5.41) is 3.95. The maximum atomic E-state index is 5.63. The molecule has 0 aliphatic heterocycles. The van der Waals surface area contributed by atoms with E-state index in [-0.39, 0.29) is 0 Å². The fourth-order valence-electron chi connectivity index (χ4n) is 1.70. The van der Waals surface area contributed by atoms with Gasteiger partial charge in [0.1, 0.15) is 0 Å². The zero-order chi connectivity index (χ0) is 13.7. The normalized spacial score (nSPS) is 11.1. The third-order valence-electron chi connectivity index (χ3n) is 2.83. The van der Waals surface area contributed by atoms with Crippen molar-refractivity contribution in [3.05, 3.63) is 35.7 Å². The average Bonchev–Trinajstić information content (AvgIpc) is 2.88. The average molecular weight is 258 g/mol. The molecule has 1 aromatic carbocycles. The van der Waals surface area contributed by atoms with E-state index >= 15 is 0 Å². The van der Waals surface area contributed by atoms with Crippen molar-refractivity contribution >= 4 is 23.8 Å². The first-order valence-corrected chi connectivity index (χ1v) is 6.35. The molecule has 0 radical (unpaired) electrons. The lowest BCUT2D eigenvalue weighted by Crippen LogP contribution is -2.22. The molecule has 5 heteroatoms. The van der Waals surface area contributed by atoms with Crippen molar-refractivity contribution < 1.29 is 4.52 Å². The number of rotatable bonds is 5. The summed E-state index contributed by atoms with van der Waals surface area (Å²) >= 11 is 0. The van der Waals surface area contributed by atoms with Crippen molar-refractivity contribution in [3.8, 4) is 0 Å². The summed E-state index contributed by atoms with van der Waals surface area (Å²) in [6.45, 7) is 5.84. The number of aromatic nitrogens is 2. The first-order valence-electron chi connectivity index (χ1n) is 6.35. The smallest absolute Gasteiger partial charge is 0.266 e. The van der Waals surface area contributed by atoms with Crippen LogP contribution < -0.4 is 10.6 Å². The largest absolute Gasteiger partial charge is 0.399 e. The molecule has 0 saturated carbocycles. The Kier molecular flexibility index (Phi) is 4.18. The third kappa shape index (κ3) is 3.34. The van der Waals surface area contributed by atoms with Crippen LogP contribution in [0.15, 0.2) is 28.8 Å². The molecule has 19 heavy (non-hydrogen) atoms. The summed E-state index contributed by atoms with van der Waals surface area (Å²) in [4.78, 5) is 6.35. The number of hydrogen-bond donors (Lipinski definition) is 1. The maximum absolute atomic E-state index is 5.63. The van der Waals surface area contributed by atoms with Gasteiger partial charge in [-0.05, 0) is 42.8 Å². The Hall–Kier alpha value is -2.30. The SMILES string of the molecule is CCN(CC)c1noc(/C=C/c2ccc(N)cc2)n1. The Balaban J connectivity index is 2.09. The summed E-state index contributed by atoms with van der Waals surface area (Å²) in [6, 6.07) is 7.59. The zero-order valence-electron chi connectivity index (χ0n) is 11.2. The van der Waals surface area contributed by atoms with Crippen molar-refractivity contribution in [2.45, 2.75) is 13.8 Å². The van der Waals surface area contributed by atoms with Crippen molar-refractivity contribution in [2.75, 3.05) is 23.7 Å². The lowest BCUT2D eigenvalue weighted by Gasteiger charge is -2.14. The lowest BCUT2D eigenvalue weighted by atomic mass is 10.2. The molecule has 0 bridgehead atoms. The van der Waals surface area contributed by atoms with Gasteiger partial charge in [-0.2, -0.15) is 4.98 Å². The summed E-state index contributed by atoms with van der Waals surface area (Å²) < 4.78 is 5.18. The topological polar surface area (TPSA) is 68.2 Å². The van der Waals surface area contributed by atoms with Crippen molar-refractivity contribution in [1.29, 1.82) is 0 Å². The van der Waals surface area contributed by atoms with Crippen molar-refractivity contribution in [3.63, 3.8) is 0 Å². The molecule has 0 aliphatic carbocycles. The molecule has 0 fully saturated rings. The fourth-order valence-corrected chi connectivity index (χ4v) is 1.70. The Morgan fingerprint density at radius 2 is 1.84 bits per heavy atom. The van der Waals surface area contributed by atoms with Crippen LogP contribution in [0.4, 0.5) is 11.6 Å². The van der Waals surface area contributed by atoms with Crippen LogP contribution in [-0.2, 0) is 0 Å². The zero-order valence-corrected chi connectivity index (χ0v) is 11.2. The molecule has 0 spiro atoms. The Labute approximate surface area is 112 Å². The molecule has 1 heterocycles. The highest BCUT2D eigenvalue weighted by atomic mass is 16.5. The molecule has 0 saturated heterocycles. The summed E-state index contributed by atoms with van der Waals surface area (Å²) in [5.74, 6) is 1.13. The Morgan fingerprint density at radius 1 is 1.16 bits per heavy atom. The van der Waals surface area contributed by atoms with E-state index in [1.54, 1.807) is 6.08 Å². The third-order valence-corrected chi connectivity index (χ3v) is 2.83. The lowest BCUT2D eigenvalue weighted by molar-refractivity contribution is 0.409. The van der Waals surface area contributed by atoms with Crippen molar-refractivity contribution in [1.82, 2.24) is 10.1 Å². The van der Waals surface area contributed by atoms with Crippen LogP contribution in [-0.4, -0.2) is 23.2 Å². The van der Waals surface area contributed by atoms with E-state index in [2.05, 4.69) is 24.0 Å². The van der Waals surface area contributed by atoms with Crippen molar-refractivity contribution in [2.24, 2.45) is 0 Å². The highest BCUT2D eigenvalue weighted by Gasteiger charge is 2.08. The van der Waals surface area contributed by atoms with Gasteiger partial charge in [-0.3, -0.25) is 0 Å². The maximum Gasteiger partial charge on any atom is 0.266 e. The summed E-state index contributed by atoms with van der Waals surface area (Å²) in [7, 11) is 0. The number of hydrogen-bond acceptors (Lipinski definition) is 5. The molecule has 1 aromatic heterocycles. The molecule has 2 N–H and O–H groups in total. The van der Waals surface area contributed by atoms with E-state index in [4.69, 9.17) is 10.3 Å². The minimum Gasteiger partial charge on any atom is -0.399 e. The minimum atomic E-state index is 0.499. The molecule has 0 aliphatic rings. The van der Waals surface area contributed by atoms with Gasteiger partial charge >= 0.3 is 0 Å². The Bertz CT molecular complexity index is 541. The van der Waals surface area contributed by atoms with Gasteiger partial charge in [0.05, 0.1) is 0 Å². The molecule has 5 nitrogen and oxygen atoms in total. The van der Waals surface area contributed by atoms with Crippen LogP contribution in [0.2, 0.25) is 0 Å². The Morgan fingerprint density at radius 3 is 2.47 bits per heavy atom. The predicted molar refractivity (Wildman–Crippen MR) is 77.6 cm³/mol.